The van der Waals surface area contributed by atoms with Crippen LogP contribution in [0.1, 0.15) is 36.2 Å². The molecule has 122 valence electrons. The molecule has 2 fully saturated rings. The van der Waals surface area contributed by atoms with Crippen LogP contribution in [0.5, 0.6) is 0 Å². The molecule has 6 nitrogen and oxygen atoms in total. The van der Waals surface area contributed by atoms with Crippen molar-refractivity contribution in [2.75, 3.05) is 13.2 Å². The summed E-state index contributed by atoms with van der Waals surface area (Å²) >= 11 is 1.49. The maximum absolute atomic E-state index is 12.9. The van der Waals surface area contributed by atoms with Crippen molar-refractivity contribution in [2.45, 2.75) is 37.8 Å². The van der Waals surface area contributed by atoms with Gasteiger partial charge in [0.05, 0.1) is 24.9 Å². The maximum Gasteiger partial charge on any atom is 0.273 e. The third-order valence-corrected chi connectivity index (χ3v) is 5.56. The molecule has 4 rings (SSSR count). The number of amides is 1. The normalized spacial score (nSPS) is 24.5. The molecule has 0 bridgehead atoms. The SMILES string of the molecule is Cn1cc(-c2nc(C(=O)N3CCO[C@@H]4CCCC[C@H]43)cs2)cn1. The van der Waals surface area contributed by atoms with Gasteiger partial charge in [0.2, 0.25) is 0 Å². The number of morpholine rings is 1. The Morgan fingerprint density at radius 2 is 2.26 bits per heavy atom. The fourth-order valence-electron chi connectivity index (χ4n) is 3.53. The zero-order valence-electron chi connectivity index (χ0n) is 13.1. The van der Waals surface area contributed by atoms with Crippen molar-refractivity contribution in [3.63, 3.8) is 0 Å². The smallest absolute Gasteiger partial charge is 0.273 e. The van der Waals surface area contributed by atoms with E-state index in [1.807, 2.05) is 23.5 Å². The lowest BCUT2D eigenvalue weighted by Gasteiger charge is -2.43. The van der Waals surface area contributed by atoms with Crippen LogP contribution in [0, 0.1) is 0 Å². The third-order valence-electron chi connectivity index (χ3n) is 4.67. The molecule has 1 aliphatic heterocycles. The van der Waals surface area contributed by atoms with Gasteiger partial charge >= 0.3 is 0 Å². The number of nitrogens with zero attached hydrogens (tertiary/aromatic N) is 4. The van der Waals surface area contributed by atoms with Gasteiger partial charge in [0.25, 0.3) is 5.91 Å². The number of thiazole rings is 1. The van der Waals surface area contributed by atoms with E-state index >= 15 is 0 Å². The van der Waals surface area contributed by atoms with E-state index in [0.29, 0.717) is 18.8 Å². The molecule has 23 heavy (non-hydrogen) atoms. The summed E-state index contributed by atoms with van der Waals surface area (Å²) in [7, 11) is 1.88. The molecular formula is C16H20N4O2S. The Balaban J connectivity index is 1.55. The molecule has 2 atom stereocenters. The van der Waals surface area contributed by atoms with E-state index in [2.05, 4.69) is 10.1 Å². The van der Waals surface area contributed by atoms with Crippen LogP contribution >= 0.6 is 11.3 Å². The Bertz CT molecular complexity index is 709. The minimum Gasteiger partial charge on any atom is -0.374 e. The molecule has 0 unspecified atom stereocenters. The molecule has 1 aliphatic carbocycles. The van der Waals surface area contributed by atoms with Crippen LogP contribution in [0.15, 0.2) is 17.8 Å². The van der Waals surface area contributed by atoms with Gasteiger partial charge in [0, 0.05) is 30.7 Å². The zero-order valence-corrected chi connectivity index (χ0v) is 14.0. The van der Waals surface area contributed by atoms with Gasteiger partial charge in [-0.3, -0.25) is 9.48 Å². The summed E-state index contributed by atoms with van der Waals surface area (Å²) in [4.78, 5) is 19.4. The van der Waals surface area contributed by atoms with E-state index in [-0.39, 0.29) is 18.1 Å². The molecule has 3 heterocycles. The molecule has 1 saturated heterocycles. The van der Waals surface area contributed by atoms with Crippen LogP contribution < -0.4 is 0 Å². The number of hydrogen-bond acceptors (Lipinski definition) is 5. The Morgan fingerprint density at radius 1 is 1.39 bits per heavy atom. The van der Waals surface area contributed by atoms with Gasteiger partial charge in [-0.05, 0) is 12.8 Å². The second-order valence-corrected chi connectivity index (χ2v) is 7.06. The molecule has 0 radical (unpaired) electrons. The highest BCUT2D eigenvalue weighted by atomic mass is 32.1. The highest BCUT2D eigenvalue weighted by Crippen LogP contribution is 2.30. The summed E-state index contributed by atoms with van der Waals surface area (Å²) in [5, 5.41) is 6.86. The first kappa shape index (κ1) is 14.8. The van der Waals surface area contributed by atoms with Crippen molar-refractivity contribution < 1.29 is 9.53 Å². The minimum absolute atomic E-state index is 0.0385. The lowest BCUT2D eigenvalue weighted by atomic mass is 9.90. The molecule has 2 aromatic rings. The quantitative estimate of drug-likeness (QED) is 0.847. The summed E-state index contributed by atoms with van der Waals surface area (Å²) < 4.78 is 7.60. The largest absolute Gasteiger partial charge is 0.374 e. The number of rotatable bonds is 2. The molecule has 1 amide bonds. The topological polar surface area (TPSA) is 60.2 Å². The Morgan fingerprint density at radius 3 is 3.09 bits per heavy atom. The summed E-state index contributed by atoms with van der Waals surface area (Å²) in [5.74, 6) is 0.0385. The van der Waals surface area contributed by atoms with Crippen molar-refractivity contribution in [1.82, 2.24) is 19.7 Å². The summed E-state index contributed by atoms with van der Waals surface area (Å²) in [6.07, 6.45) is 8.37. The van der Waals surface area contributed by atoms with Crippen LogP contribution in [-0.4, -0.2) is 50.9 Å². The number of hydrogen-bond donors (Lipinski definition) is 0. The molecule has 0 aromatic carbocycles. The summed E-state index contributed by atoms with van der Waals surface area (Å²) in [6, 6.07) is 0.216. The second-order valence-electron chi connectivity index (χ2n) is 6.20. The van der Waals surface area contributed by atoms with Crippen molar-refractivity contribution in [1.29, 1.82) is 0 Å². The molecule has 2 aromatic heterocycles. The number of aryl methyl sites for hydroxylation is 1. The maximum atomic E-state index is 12.9. The first-order valence-corrected chi connectivity index (χ1v) is 8.97. The van der Waals surface area contributed by atoms with Crippen molar-refractivity contribution >= 4 is 17.2 Å². The Hall–Kier alpha value is -1.73. The fourth-order valence-corrected chi connectivity index (χ4v) is 4.30. The molecule has 0 spiro atoms. The van der Waals surface area contributed by atoms with Gasteiger partial charge in [0.15, 0.2) is 0 Å². The lowest BCUT2D eigenvalue weighted by molar-refractivity contribution is -0.0754. The van der Waals surface area contributed by atoms with E-state index in [4.69, 9.17) is 4.74 Å². The molecule has 7 heteroatoms. The standard InChI is InChI=1S/C16H20N4O2S/c1-19-9-11(8-17-19)15-18-12(10-23-15)16(21)20-6-7-22-14-5-3-2-4-13(14)20/h8-10,13-14H,2-7H2,1H3/t13-,14-/m1/s1. The van der Waals surface area contributed by atoms with Crippen LogP contribution in [0.4, 0.5) is 0 Å². The number of carbonyl (C=O) groups is 1. The average molecular weight is 332 g/mol. The van der Waals surface area contributed by atoms with E-state index in [1.165, 1.54) is 24.2 Å². The highest BCUT2D eigenvalue weighted by Gasteiger charge is 2.37. The summed E-state index contributed by atoms with van der Waals surface area (Å²) in [6.45, 7) is 1.30. The second kappa shape index (κ2) is 6.05. The minimum atomic E-state index is 0.0385. The molecular weight excluding hydrogens is 312 g/mol. The Kier molecular flexibility index (Phi) is 3.90. The first-order valence-electron chi connectivity index (χ1n) is 8.09. The first-order chi connectivity index (χ1) is 11.2. The number of carbonyl (C=O) groups excluding carboxylic acids is 1. The number of aromatic nitrogens is 3. The van der Waals surface area contributed by atoms with Gasteiger partial charge in [-0.2, -0.15) is 5.10 Å². The van der Waals surface area contributed by atoms with Crippen LogP contribution in [-0.2, 0) is 11.8 Å². The van der Waals surface area contributed by atoms with E-state index < -0.39 is 0 Å². The molecule has 1 saturated carbocycles. The molecule has 2 aliphatic rings. The average Bonchev–Trinajstić information content (AvgIpc) is 3.22. The van der Waals surface area contributed by atoms with Gasteiger partial charge in [0.1, 0.15) is 10.7 Å². The fraction of sp³-hybridized carbons (Fsp3) is 0.562. The van der Waals surface area contributed by atoms with Crippen LogP contribution in [0.2, 0.25) is 0 Å². The van der Waals surface area contributed by atoms with Gasteiger partial charge < -0.3 is 9.64 Å². The van der Waals surface area contributed by atoms with Crippen molar-refractivity contribution in [3.05, 3.63) is 23.5 Å². The van der Waals surface area contributed by atoms with Crippen molar-refractivity contribution in [2.24, 2.45) is 7.05 Å². The van der Waals surface area contributed by atoms with Gasteiger partial charge in [-0.25, -0.2) is 4.98 Å². The number of fused-ring (bicyclic) bond motifs is 1. The summed E-state index contributed by atoms with van der Waals surface area (Å²) in [5.41, 5.74) is 1.49. The third kappa shape index (κ3) is 2.79. The van der Waals surface area contributed by atoms with Crippen LogP contribution in [0.25, 0.3) is 10.6 Å². The van der Waals surface area contributed by atoms with Crippen LogP contribution in [0.3, 0.4) is 0 Å². The van der Waals surface area contributed by atoms with Crippen molar-refractivity contribution in [3.8, 4) is 10.6 Å². The van der Waals surface area contributed by atoms with Gasteiger partial charge in [-0.15, -0.1) is 11.3 Å². The lowest BCUT2D eigenvalue weighted by Crippen LogP contribution is -2.54. The Labute approximate surface area is 139 Å². The van der Waals surface area contributed by atoms with Gasteiger partial charge in [-0.1, -0.05) is 12.8 Å². The van der Waals surface area contributed by atoms with E-state index in [1.54, 1.807) is 10.9 Å². The zero-order chi connectivity index (χ0) is 15.8. The highest BCUT2D eigenvalue weighted by molar-refractivity contribution is 7.13. The van der Waals surface area contributed by atoms with E-state index in [9.17, 15) is 4.79 Å². The number of ether oxygens (including phenoxy) is 1. The predicted octanol–water partition coefficient (Wildman–Crippen LogP) is 2.33. The molecule has 0 N–H and O–H groups in total. The van der Waals surface area contributed by atoms with E-state index in [0.717, 1.165) is 23.4 Å². The predicted molar refractivity (Wildman–Crippen MR) is 87.3 cm³/mol. The monoisotopic (exact) mass is 332 g/mol.